The van der Waals surface area contributed by atoms with Crippen LogP contribution >= 0.6 is 11.3 Å². The van der Waals surface area contributed by atoms with Gasteiger partial charge in [-0.25, -0.2) is 4.98 Å². The fourth-order valence-corrected chi connectivity index (χ4v) is 3.38. The second kappa shape index (κ2) is 5.38. The van der Waals surface area contributed by atoms with Crippen molar-refractivity contribution in [2.45, 2.75) is 31.8 Å². The number of benzene rings is 1. The minimum atomic E-state index is -0.833. The highest BCUT2D eigenvalue weighted by Crippen LogP contribution is 2.30. The molecule has 3 nitrogen and oxygen atoms in total. The Morgan fingerprint density at radius 3 is 2.80 bits per heavy atom. The molecule has 3 aromatic rings. The topological polar surface area (TPSA) is 37.5 Å². The van der Waals surface area contributed by atoms with Gasteiger partial charge in [0.25, 0.3) is 0 Å². The second-order valence-corrected chi connectivity index (χ2v) is 6.02. The summed E-state index contributed by atoms with van der Waals surface area (Å²) in [7, 11) is 0. The van der Waals surface area contributed by atoms with Crippen molar-refractivity contribution in [3.63, 3.8) is 0 Å². The van der Waals surface area contributed by atoms with E-state index in [0.717, 1.165) is 29.1 Å². The minimum absolute atomic E-state index is 0.555. The van der Waals surface area contributed by atoms with Gasteiger partial charge in [0, 0.05) is 24.2 Å². The molecule has 0 amide bonds. The van der Waals surface area contributed by atoms with Crippen molar-refractivity contribution in [3.05, 3.63) is 59.4 Å². The van der Waals surface area contributed by atoms with Gasteiger partial charge in [0.2, 0.25) is 0 Å². The van der Waals surface area contributed by atoms with Crippen molar-refractivity contribution in [2.24, 2.45) is 0 Å². The highest BCUT2D eigenvalue weighted by molar-refractivity contribution is 7.15. The monoisotopic (exact) mass is 286 g/mol. The summed E-state index contributed by atoms with van der Waals surface area (Å²) < 4.78 is 2.01. The number of fused-ring (bicyclic) bond motifs is 1. The van der Waals surface area contributed by atoms with Gasteiger partial charge < -0.3 is 5.11 Å². The maximum atomic E-state index is 11.1. The summed E-state index contributed by atoms with van der Waals surface area (Å²) in [6.07, 6.45) is 6.24. The third-order valence-corrected chi connectivity index (χ3v) is 4.36. The Kier molecular flexibility index (Phi) is 3.59. The summed E-state index contributed by atoms with van der Waals surface area (Å²) in [5, 5.41) is 13.1. The van der Waals surface area contributed by atoms with Crippen LogP contribution in [0.3, 0.4) is 0 Å². The lowest BCUT2D eigenvalue weighted by molar-refractivity contribution is 0.0261. The molecule has 1 N–H and O–H groups in total. The van der Waals surface area contributed by atoms with E-state index in [4.69, 9.17) is 0 Å². The molecule has 3 rings (SSSR count). The van der Waals surface area contributed by atoms with Gasteiger partial charge in [-0.1, -0.05) is 43.7 Å². The third-order valence-electron chi connectivity index (χ3n) is 3.59. The zero-order chi connectivity index (χ0) is 14.0. The summed E-state index contributed by atoms with van der Waals surface area (Å²) in [5.41, 5.74) is 1.08. The van der Waals surface area contributed by atoms with Crippen LogP contribution in [0.5, 0.6) is 0 Å². The number of rotatable bonds is 5. The molecule has 104 valence electrons. The molecule has 0 fully saturated rings. The van der Waals surface area contributed by atoms with Gasteiger partial charge in [-0.15, -0.1) is 11.3 Å². The summed E-state index contributed by atoms with van der Waals surface area (Å²) in [6.45, 7) is 2.10. The molecule has 20 heavy (non-hydrogen) atoms. The summed E-state index contributed by atoms with van der Waals surface area (Å²) in [5.74, 6) is 0. The van der Waals surface area contributed by atoms with Gasteiger partial charge in [0.1, 0.15) is 0 Å². The van der Waals surface area contributed by atoms with Gasteiger partial charge in [0.05, 0.1) is 11.3 Å². The first-order valence-corrected chi connectivity index (χ1v) is 7.78. The van der Waals surface area contributed by atoms with E-state index in [2.05, 4.69) is 11.9 Å². The standard InChI is InChI=1S/C16H18N2OS/c1-2-8-16(19,13-6-4-3-5-7-13)11-14-12-18-9-10-20-15(18)17-14/h3-7,9-10,12,19H,2,8,11H2,1H3. The van der Waals surface area contributed by atoms with Gasteiger partial charge in [-0.3, -0.25) is 4.40 Å². The number of hydrogen-bond acceptors (Lipinski definition) is 3. The first-order valence-electron chi connectivity index (χ1n) is 6.90. The molecule has 1 atom stereocenters. The van der Waals surface area contributed by atoms with E-state index >= 15 is 0 Å². The Labute approximate surface area is 122 Å². The quantitative estimate of drug-likeness (QED) is 0.777. The Morgan fingerprint density at radius 2 is 2.10 bits per heavy atom. The molecule has 4 heteroatoms. The molecule has 0 saturated heterocycles. The van der Waals surface area contributed by atoms with Crippen LogP contribution in [0, 0.1) is 0 Å². The van der Waals surface area contributed by atoms with Crippen molar-refractivity contribution >= 4 is 16.3 Å². The summed E-state index contributed by atoms with van der Waals surface area (Å²) in [6, 6.07) is 9.91. The minimum Gasteiger partial charge on any atom is -0.385 e. The number of imidazole rings is 1. The predicted molar refractivity (Wildman–Crippen MR) is 82.0 cm³/mol. The van der Waals surface area contributed by atoms with Crippen LogP contribution in [0.25, 0.3) is 4.96 Å². The lowest BCUT2D eigenvalue weighted by atomic mass is 9.85. The lowest BCUT2D eigenvalue weighted by Gasteiger charge is -2.27. The van der Waals surface area contributed by atoms with E-state index in [9.17, 15) is 5.11 Å². The SMILES string of the molecule is CCCC(O)(Cc1cn2ccsc2n1)c1ccccc1. The molecule has 2 aromatic heterocycles. The molecule has 0 radical (unpaired) electrons. The summed E-state index contributed by atoms with van der Waals surface area (Å²) >= 11 is 1.61. The van der Waals surface area contributed by atoms with Crippen LogP contribution in [-0.4, -0.2) is 14.5 Å². The Balaban J connectivity index is 1.92. The van der Waals surface area contributed by atoms with Crippen molar-refractivity contribution in [1.82, 2.24) is 9.38 Å². The normalized spacial score (nSPS) is 14.5. The first kappa shape index (κ1) is 13.3. The number of nitrogens with zero attached hydrogens (tertiary/aromatic N) is 2. The van der Waals surface area contributed by atoms with E-state index in [1.165, 1.54) is 0 Å². The van der Waals surface area contributed by atoms with Gasteiger partial charge in [-0.05, 0) is 12.0 Å². The largest absolute Gasteiger partial charge is 0.385 e. The van der Waals surface area contributed by atoms with Crippen LogP contribution in [0.2, 0.25) is 0 Å². The fraction of sp³-hybridized carbons (Fsp3) is 0.312. The highest BCUT2D eigenvalue weighted by Gasteiger charge is 2.29. The zero-order valence-corrected chi connectivity index (χ0v) is 12.3. The molecule has 1 unspecified atom stereocenters. The van der Waals surface area contributed by atoms with E-state index in [0.29, 0.717) is 6.42 Å². The smallest absolute Gasteiger partial charge is 0.193 e. The zero-order valence-electron chi connectivity index (χ0n) is 11.5. The van der Waals surface area contributed by atoms with Crippen molar-refractivity contribution in [3.8, 4) is 0 Å². The van der Waals surface area contributed by atoms with Crippen LogP contribution in [0.1, 0.15) is 31.0 Å². The lowest BCUT2D eigenvalue weighted by Crippen LogP contribution is -2.28. The summed E-state index contributed by atoms with van der Waals surface area (Å²) in [4.78, 5) is 5.57. The number of thiazole rings is 1. The van der Waals surface area contributed by atoms with E-state index in [1.54, 1.807) is 11.3 Å². The Hall–Kier alpha value is -1.65. The Bertz CT molecular complexity index is 660. The van der Waals surface area contributed by atoms with E-state index in [1.807, 2.05) is 52.5 Å². The van der Waals surface area contributed by atoms with Crippen molar-refractivity contribution in [1.29, 1.82) is 0 Å². The first-order chi connectivity index (χ1) is 9.71. The molecule has 0 bridgehead atoms. The molecule has 1 aromatic carbocycles. The molecule has 0 aliphatic heterocycles. The molecule has 0 saturated carbocycles. The highest BCUT2D eigenvalue weighted by atomic mass is 32.1. The average molecular weight is 286 g/mol. The third kappa shape index (κ3) is 2.49. The molecule has 0 aliphatic rings. The van der Waals surface area contributed by atoms with Gasteiger partial charge in [-0.2, -0.15) is 0 Å². The van der Waals surface area contributed by atoms with Crippen molar-refractivity contribution in [2.75, 3.05) is 0 Å². The maximum absolute atomic E-state index is 11.1. The number of aromatic nitrogens is 2. The number of hydrogen-bond donors (Lipinski definition) is 1. The van der Waals surface area contributed by atoms with Crippen molar-refractivity contribution < 1.29 is 5.11 Å². The molecule has 0 aliphatic carbocycles. The average Bonchev–Trinajstić information content (AvgIpc) is 3.01. The molecular weight excluding hydrogens is 268 g/mol. The van der Waals surface area contributed by atoms with Gasteiger partial charge in [0.15, 0.2) is 4.96 Å². The second-order valence-electron chi connectivity index (χ2n) is 5.15. The van der Waals surface area contributed by atoms with E-state index < -0.39 is 5.60 Å². The van der Waals surface area contributed by atoms with Crippen LogP contribution in [-0.2, 0) is 12.0 Å². The molecule has 0 spiro atoms. The van der Waals surface area contributed by atoms with Gasteiger partial charge >= 0.3 is 0 Å². The molecule has 2 heterocycles. The predicted octanol–water partition coefficient (Wildman–Crippen LogP) is 3.63. The molecular formula is C16H18N2OS. The van der Waals surface area contributed by atoms with E-state index in [-0.39, 0.29) is 0 Å². The Morgan fingerprint density at radius 1 is 1.30 bits per heavy atom. The maximum Gasteiger partial charge on any atom is 0.193 e. The fourth-order valence-electron chi connectivity index (χ4n) is 2.66. The van der Waals surface area contributed by atoms with Crippen LogP contribution in [0.15, 0.2) is 48.1 Å². The van der Waals surface area contributed by atoms with Crippen LogP contribution in [0.4, 0.5) is 0 Å². The number of aliphatic hydroxyl groups is 1. The van der Waals surface area contributed by atoms with Crippen LogP contribution < -0.4 is 0 Å².